The number of halogens is 1. The first kappa shape index (κ1) is 12.9. The molecule has 0 unspecified atom stereocenters. The van der Waals surface area contributed by atoms with Gasteiger partial charge in [-0.2, -0.15) is 0 Å². The SMILES string of the molecule is NCc1ccnc(N2CCC[C@H]3CCCC[C@H]32)c1F. The second-order valence-electron chi connectivity index (χ2n) is 5.76. The molecule has 104 valence electrons. The van der Waals surface area contributed by atoms with Crippen molar-refractivity contribution in [1.82, 2.24) is 4.98 Å². The van der Waals surface area contributed by atoms with Crippen LogP contribution in [0.1, 0.15) is 44.1 Å². The number of anilines is 1. The van der Waals surface area contributed by atoms with Crippen molar-refractivity contribution in [2.75, 3.05) is 11.4 Å². The van der Waals surface area contributed by atoms with Crippen molar-refractivity contribution in [3.63, 3.8) is 0 Å². The highest BCUT2D eigenvalue weighted by Crippen LogP contribution is 2.38. The molecule has 1 aliphatic heterocycles. The van der Waals surface area contributed by atoms with Crippen molar-refractivity contribution in [3.8, 4) is 0 Å². The molecule has 2 fully saturated rings. The zero-order valence-electron chi connectivity index (χ0n) is 11.3. The molecule has 1 saturated carbocycles. The minimum atomic E-state index is -0.212. The Hall–Kier alpha value is -1.16. The number of piperidine rings is 1. The third-order valence-corrected chi connectivity index (χ3v) is 4.69. The maximum atomic E-state index is 14.4. The Morgan fingerprint density at radius 2 is 2.05 bits per heavy atom. The molecule has 0 amide bonds. The van der Waals surface area contributed by atoms with E-state index in [0.717, 1.165) is 18.9 Å². The van der Waals surface area contributed by atoms with Crippen LogP contribution in [0.5, 0.6) is 0 Å². The number of fused-ring (bicyclic) bond motifs is 1. The minimum absolute atomic E-state index is 0.212. The summed E-state index contributed by atoms with van der Waals surface area (Å²) in [5, 5.41) is 0. The van der Waals surface area contributed by atoms with Gasteiger partial charge in [-0.05, 0) is 37.7 Å². The van der Waals surface area contributed by atoms with E-state index in [1.807, 2.05) is 0 Å². The number of nitrogens with zero attached hydrogens (tertiary/aromatic N) is 2. The van der Waals surface area contributed by atoms with Crippen LogP contribution in [0.25, 0.3) is 0 Å². The summed E-state index contributed by atoms with van der Waals surface area (Å²) < 4.78 is 14.4. The monoisotopic (exact) mass is 263 g/mol. The largest absolute Gasteiger partial charge is 0.351 e. The van der Waals surface area contributed by atoms with Crippen LogP contribution in [0, 0.1) is 11.7 Å². The van der Waals surface area contributed by atoms with Gasteiger partial charge in [0.15, 0.2) is 11.6 Å². The molecule has 0 radical (unpaired) electrons. The Labute approximate surface area is 114 Å². The van der Waals surface area contributed by atoms with E-state index < -0.39 is 0 Å². The highest BCUT2D eigenvalue weighted by molar-refractivity contribution is 5.45. The number of rotatable bonds is 2. The lowest BCUT2D eigenvalue weighted by atomic mass is 9.78. The fourth-order valence-electron chi connectivity index (χ4n) is 3.72. The molecule has 4 heteroatoms. The Kier molecular flexibility index (Phi) is 3.69. The summed E-state index contributed by atoms with van der Waals surface area (Å²) in [6, 6.07) is 2.17. The van der Waals surface area contributed by atoms with Gasteiger partial charge in [-0.1, -0.05) is 12.8 Å². The normalized spacial score (nSPS) is 27.2. The van der Waals surface area contributed by atoms with Gasteiger partial charge < -0.3 is 10.6 Å². The molecule has 2 atom stereocenters. The molecular formula is C15H22FN3. The van der Waals surface area contributed by atoms with Crippen LogP contribution in [0.3, 0.4) is 0 Å². The molecule has 1 aromatic heterocycles. The summed E-state index contributed by atoms with van der Waals surface area (Å²) >= 11 is 0. The van der Waals surface area contributed by atoms with E-state index in [1.54, 1.807) is 12.3 Å². The fourth-order valence-corrected chi connectivity index (χ4v) is 3.72. The molecule has 2 heterocycles. The zero-order valence-corrected chi connectivity index (χ0v) is 11.3. The first-order chi connectivity index (χ1) is 9.31. The zero-order chi connectivity index (χ0) is 13.2. The number of hydrogen-bond acceptors (Lipinski definition) is 3. The van der Waals surface area contributed by atoms with E-state index in [4.69, 9.17) is 5.73 Å². The Balaban J connectivity index is 1.91. The quantitative estimate of drug-likeness (QED) is 0.892. The van der Waals surface area contributed by atoms with Gasteiger partial charge in [0.2, 0.25) is 0 Å². The number of hydrogen-bond donors (Lipinski definition) is 1. The molecule has 1 aromatic rings. The van der Waals surface area contributed by atoms with Crippen LogP contribution in [0.4, 0.5) is 10.2 Å². The highest BCUT2D eigenvalue weighted by atomic mass is 19.1. The summed E-state index contributed by atoms with van der Waals surface area (Å²) in [5.41, 5.74) is 6.17. The van der Waals surface area contributed by atoms with Crippen LogP contribution < -0.4 is 10.6 Å². The Morgan fingerprint density at radius 1 is 1.26 bits per heavy atom. The van der Waals surface area contributed by atoms with Gasteiger partial charge in [0, 0.05) is 30.9 Å². The van der Waals surface area contributed by atoms with Crippen molar-refractivity contribution in [3.05, 3.63) is 23.6 Å². The molecule has 2 N–H and O–H groups in total. The Morgan fingerprint density at radius 3 is 2.89 bits per heavy atom. The molecule has 3 nitrogen and oxygen atoms in total. The molecule has 19 heavy (non-hydrogen) atoms. The second kappa shape index (κ2) is 5.45. The smallest absolute Gasteiger partial charge is 0.170 e. The van der Waals surface area contributed by atoms with Gasteiger partial charge >= 0.3 is 0 Å². The maximum absolute atomic E-state index is 14.4. The van der Waals surface area contributed by atoms with Crippen molar-refractivity contribution >= 4 is 5.82 Å². The van der Waals surface area contributed by atoms with Crippen LogP contribution >= 0.6 is 0 Å². The lowest BCUT2D eigenvalue weighted by molar-refractivity contribution is 0.241. The van der Waals surface area contributed by atoms with Crippen LogP contribution in [0.2, 0.25) is 0 Å². The lowest BCUT2D eigenvalue weighted by Gasteiger charge is -2.44. The summed E-state index contributed by atoms with van der Waals surface area (Å²) in [6.07, 6.45) is 9.18. The van der Waals surface area contributed by atoms with Crippen molar-refractivity contribution in [2.24, 2.45) is 11.7 Å². The van der Waals surface area contributed by atoms with Gasteiger partial charge in [-0.25, -0.2) is 9.37 Å². The maximum Gasteiger partial charge on any atom is 0.170 e. The van der Waals surface area contributed by atoms with E-state index in [0.29, 0.717) is 17.4 Å². The van der Waals surface area contributed by atoms with E-state index in [-0.39, 0.29) is 12.4 Å². The van der Waals surface area contributed by atoms with Gasteiger partial charge in [0.25, 0.3) is 0 Å². The molecule has 1 aliphatic carbocycles. The van der Waals surface area contributed by atoms with Crippen LogP contribution in [-0.2, 0) is 6.54 Å². The minimum Gasteiger partial charge on any atom is -0.351 e. The number of pyridine rings is 1. The molecule has 3 rings (SSSR count). The number of aromatic nitrogens is 1. The van der Waals surface area contributed by atoms with Gasteiger partial charge in [-0.3, -0.25) is 0 Å². The van der Waals surface area contributed by atoms with Gasteiger partial charge in [0.1, 0.15) is 0 Å². The van der Waals surface area contributed by atoms with Crippen molar-refractivity contribution in [1.29, 1.82) is 0 Å². The third-order valence-electron chi connectivity index (χ3n) is 4.69. The van der Waals surface area contributed by atoms with Crippen LogP contribution in [0.15, 0.2) is 12.3 Å². The molecule has 0 spiro atoms. The summed E-state index contributed by atoms with van der Waals surface area (Å²) in [7, 11) is 0. The first-order valence-corrected chi connectivity index (χ1v) is 7.41. The third kappa shape index (κ3) is 2.34. The van der Waals surface area contributed by atoms with E-state index in [9.17, 15) is 4.39 Å². The Bertz CT molecular complexity index is 447. The summed E-state index contributed by atoms with van der Waals surface area (Å²) in [6.45, 7) is 1.17. The fraction of sp³-hybridized carbons (Fsp3) is 0.667. The van der Waals surface area contributed by atoms with E-state index in [2.05, 4.69) is 9.88 Å². The standard InChI is InChI=1S/C15H22FN3/c16-14-12(10-17)7-8-18-15(14)19-9-3-5-11-4-1-2-6-13(11)19/h7-8,11,13H,1-6,9-10,17H2/t11-,13-/m1/s1. The predicted octanol–water partition coefficient (Wildman–Crippen LogP) is 2.84. The lowest BCUT2D eigenvalue weighted by Crippen LogP contribution is -2.47. The summed E-state index contributed by atoms with van der Waals surface area (Å²) in [5.74, 6) is 1.04. The number of nitrogens with two attached hydrogens (primary N) is 1. The second-order valence-corrected chi connectivity index (χ2v) is 5.76. The topological polar surface area (TPSA) is 42.1 Å². The first-order valence-electron chi connectivity index (χ1n) is 7.41. The summed E-state index contributed by atoms with van der Waals surface area (Å²) in [4.78, 5) is 6.51. The average Bonchev–Trinajstić information content (AvgIpc) is 2.47. The van der Waals surface area contributed by atoms with Gasteiger partial charge in [-0.15, -0.1) is 0 Å². The molecular weight excluding hydrogens is 241 g/mol. The van der Waals surface area contributed by atoms with Crippen molar-refractivity contribution < 1.29 is 4.39 Å². The van der Waals surface area contributed by atoms with Crippen molar-refractivity contribution in [2.45, 2.75) is 51.1 Å². The van der Waals surface area contributed by atoms with Crippen LogP contribution in [-0.4, -0.2) is 17.6 Å². The van der Waals surface area contributed by atoms with E-state index in [1.165, 1.54) is 32.1 Å². The van der Waals surface area contributed by atoms with E-state index >= 15 is 0 Å². The molecule has 0 bridgehead atoms. The van der Waals surface area contributed by atoms with Gasteiger partial charge in [0.05, 0.1) is 0 Å². The average molecular weight is 263 g/mol. The molecule has 2 aliphatic rings. The molecule has 1 saturated heterocycles. The predicted molar refractivity (Wildman–Crippen MR) is 74.4 cm³/mol. The highest BCUT2D eigenvalue weighted by Gasteiger charge is 2.35. The molecule has 0 aromatic carbocycles.